The average molecular weight is 290 g/mol. The maximum absolute atomic E-state index is 12.0. The molecule has 0 saturated carbocycles. The Morgan fingerprint density at radius 2 is 1.86 bits per heavy atom. The molecule has 1 aliphatic carbocycles. The molecule has 0 aliphatic heterocycles. The Morgan fingerprint density at radius 3 is 2.57 bits per heavy atom. The number of aryl methyl sites for hydroxylation is 1. The van der Waals surface area contributed by atoms with Gasteiger partial charge < -0.3 is 19.7 Å². The van der Waals surface area contributed by atoms with Gasteiger partial charge in [0.1, 0.15) is 17.8 Å². The highest BCUT2D eigenvalue weighted by Gasteiger charge is 2.25. The van der Waals surface area contributed by atoms with Crippen molar-refractivity contribution in [3.8, 4) is 0 Å². The molecule has 1 aromatic heterocycles. The van der Waals surface area contributed by atoms with Gasteiger partial charge in [-0.15, -0.1) is 0 Å². The highest BCUT2D eigenvalue weighted by Crippen LogP contribution is 2.33. The smallest absolute Gasteiger partial charge is 0.339 e. The van der Waals surface area contributed by atoms with Crippen LogP contribution in [0, 0.1) is 0 Å². The van der Waals surface area contributed by atoms with E-state index in [0.29, 0.717) is 28.5 Å². The van der Waals surface area contributed by atoms with E-state index in [1.165, 1.54) is 0 Å². The fourth-order valence-electron chi connectivity index (χ4n) is 3.08. The SMILES string of the molecule is O=c1oc2cccc(C(O)C(O)CO)c2c2c1CCCC2. The molecule has 3 N–H and O–H groups in total. The third-order valence-corrected chi connectivity index (χ3v) is 4.15. The molecule has 1 aliphatic rings. The van der Waals surface area contributed by atoms with Crippen molar-refractivity contribution in [2.45, 2.75) is 37.9 Å². The van der Waals surface area contributed by atoms with E-state index < -0.39 is 18.8 Å². The summed E-state index contributed by atoms with van der Waals surface area (Å²) in [6.07, 6.45) is 0.905. The third kappa shape index (κ3) is 2.37. The van der Waals surface area contributed by atoms with Gasteiger partial charge in [0.05, 0.1) is 6.61 Å². The van der Waals surface area contributed by atoms with E-state index in [2.05, 4.69) is 0 Å². The van der Waals surface area contributed by atoms with Crippen LogP contribution in [0.25, 0.3) is 11.0 Å². The van der Waals surface area contributed by atoms with Gasteiger partial charge in [0.25, 0.3) is 0 Å². The average Bonchev–Trinajstić information content (AvgIpc) is 2.53. The van der Waals surface area contributed by atoms with E-state index in [-0.39, 0.29) is 5.63 Å². The Bertz CT molecular complexity index is 718. The van der Waals surface area contributed by atoms with Gasteiger partial charge in [-0.05, 0) is 42.9 Å². The molecule has 0 fully saturated rings. The van der Waals surface area contributed by atoms with Crippen molar-refractivity contribution in [1.29, 1.82) is 0 Å². The zero-order valence-electron chi connectivity index (χ0n) is 11.6. The van der Waals surface area contributed by atoms with Crippen molar-refractivity contribution >= 4 is 11.0 Å². The summed E-state index contributed by atoms with van der Waals surface area (Å²) in [6, 6.07) is 5.05. The Kier molecular flexibility index (Phi) is 3.80. The summed E-state index contributed by atoms with van der Waals surface area (Å²) in [7, 11) is 0. The second-order valence-electron chi connectivity index (χ2n) is 5.47. The molecule has 0 amide bonds. The van der Waals surface area contributed by atoms with E-state index >= 15 is 0 Å². The van der Waals surface area contributed by atoms with Crippen LogP contribution in [0.3, 0.4) is 0 Å². The second-order valence-corrected chi connectivity index (χ2v) is 5.47. The molecular weight excluding hydrogens is 272 g/mol. The molecular formula is C16H18O5. The third-order valence-electron chi connectivity index (χ3n) is 4.15. The second kappa shape index (κ2) is 5.60. The van der Waals surface area contributed by atoms with Gasteiger partial charge in [-0.2, -0.15) is 0 Å². The lowest BCUT2D eigenvalue weighted by molar-refractivity contribution is -0.0146. The van der Waals surface area contributed by atoms with E-state index in [9.17, 15) is 15.0 Å². The molecule has 0 bridgehead atoms. The van der Waals surface area contributed by atoms with E-state index in [4.69, 9.17) is 9.52 Å². The normalized spacial score (nSPS) is 17.5. The molecule has 1 aromatic carbocycles. The summed E-state index contributed by atoms with van der Waals surface area (Å²) in [5.74, 6) is 0. The van der Waals surface area contributed by atoms with Gasteiger partial charge in [-0.3, -0.25) is 0 Å². The lowest BCUT2D eigenvalue weighted by Gasteiger charge is -2.22. The Hall–Kier alpha value is -1.69. The largest absolute Gasteiger partial charge is 0.422 e. The number of benzene rings is 1. The molecule has 2 aromatic rings. The summed E-state index contributed by atoms with van der Waals surface area (Å²) in [4.78, 5) is 12.0. The fraction of sp³-hybridized carbons (Fsp3) is 0.438. The van der Waals surface area contributed by atoms with E-state index in [1.807, 2.05) is 0 Å². The van der Waals surface area contributed by atoms with Crippen LogP contribution in [0.2, 0.25) is 0 Å². The van der Waals surface area contributed by atoms with Crippen LogP contribution in [0.5, 0.6) is 0 Å². The van der Waals surface area contributed by atoms with Gasteiger partial charge in [-0.25, -0.2) is 4.79 Å². The van der Waals surface area contributed by atoms with Crippen LogP contribution in [0.15, 0.2) is 27.4 Å². The van der Waals surface area contributed by atoms with Crippen molar-refractivity contribution in [2.24, 2.45) is 0 Å². The van der Waals surface area contributed by atoms with Crippen LogP contribution in [-0.4, -0.2) is 28.0 Å². The topological polar surface area (TPSA) is 90.9 Å². The zero-order chi connectivity index (χ0) is 15.0. The maximum Gasteiger partial charge on any atom is 0.339 e. The molecule has 1 heterocycles. The van der Waals surface area contributed by atoms with E-state index in [1.54, 1.807) is 18.2 Å². The van der Waals surface area contributed by atoms with Gasteiger partial charge in [0.2, 0.25) is 0 Å². The minimum absolute atomic E-state index is 0.313. The van der Waals surface area contributed by atoms with Crippen LogP contribution in [0.4, 0.5) is 0 Å². The number of aliphatic hydroxyl groups is 3. The standard InChI is InChI=1S/C16H18O5/c17-8-12(18)15(19)11-6-3-7-13-14(11)9-4-1-2-5-10(9)16(20)21-13/h3,6-7,12,15,17-19H,1-2,4-5,8H2. The molecule has 21 heavy (non-hydrogen) atoms. The molecule has 0 spiro atoms. The summed E-state index contributed by atoms with van der Waals surface area (Å²) >= 11 is 0. The summed E-state index contributed by atoms with van der Waals surface area (Å²) in [5, 5.41) is 29.7. The van der Waals surface area contributed by atoms with Gasteiger partial charge in [0, 0.05) is 10.9 Å². The summed E-state index contributed by atoms with van der Waals surface area (Å²) in [5.41, 5.74) is 2.18. The lowest BCUT2D eigenvalue weighted by atomic mass is 9.87. The molecule has 112 valence electrons. The van der Waals surface area contributed by atoms with Gasteiger partial charge in [0.15, 0.2) is 0 Å². The minimum Gasteiger partial charge on any atom is -0.422 e. The highest BCUT2D eigenvalue weighted by molar-refractivity contribution is 5.85. The minimum atomic E-state index is -1.26. The number of fused-ring (bicyclic) bond motifs is 3. The molecule has 2 atom stereocenters. The lowest BCUT2D eigenvalue weighted by Crippen LogP contribution is -2.23. The number of rotatable bonds is 3. The Morgan fingerprint density at radius 1 is 1.14 bits per heavy atom. The first-order valence-electron chi connectivity index (χ1n) is 7.18. The van der Waals surface area contributed by atoms with Crippen molar-refractivity contribution in [2.75, 3.05) is 6.61 Å². The fourth-order valence-corrected chi connectivity index (χ4v) is 3.08. The van der Waals surface area contributed by atoms with Crippen LogP contribution >= 0.6 is 0 Å². The maximum atomic E-state index is 12.0. The summed E-state index contributed by atoms with van der Waals surface area (Å²) < 4.78 is 5.35. The molecule has 0 saturated heterocycles. The first kappa shape index (κ1) is 14.3. The molecule has 3 rings (SSSR count). The van der Waals surface area contributed by atoms with Crippen molar-refractivity contribution in [3.05, 3.63) is 45.3 Å². The van der Waals surface area contributed by atoms with E-state index in [0.717, 1.165) is 24.8 Å². The highest BCUT2D eigenvalue weighted by atomic mass is 16.4. The van der Waals surface area contributed by atoms with Crippen LogP contribution in [0.1, 0.15) is 35.6 Å². The Balaban J connectivity index is 2.29. The van der Waals surface area contributed by atoms with Gasteiger partial charge in [-0.1, -0.05) is 12.1 Å². The molecule has 5 nitrogen and oxygen atoms in total. The van der Waals surface area contributed by atoms with Crippen molar-refractivity contribution in [1.82, 2.24) is 0 Å². The van der Waals surface area contributed by atoms with Gasteiger partial charge >= 0.3 is 5.63 Å². The monoisotopic (exact) mass is 290 g/mol. The summed E-state index contributed by atoms with van der Waals surface area (Å²) in [6.45, 7) is -0.531. The quantitative estimate of drug-likeness (QED) is 0.735. The number of hydrogen-bond donors (Lipinski definition) is 3. The molecule has 0 radical (unpaired) electrons. The number of hydrogen-bond acceptors (Lipinski definition) is 5. The van der Waals surface area contributed by atoms with Crippen molar-refractivity contribution < 1.29 is 19.7 Å². The Labute approximate surface area is 121 Å². The molecule has 2 unspecified atom stereocenters. The van der Waals surface area contributed by atoms with Crippen LogP contribution in [-0.2, 0) is 12.8 Å². The first-order valence-corrected chi connectivity index (χ1v) is 7.18. The molecule has 5 heteroatoms. The predicted octanol–water partition coefficient (Wildman–Crippen LogP) is 1.06. The van der Waals surface area contributed by atoms with Crippen molar-refractivity contribution in [3.63, 3.8) is 0 Å². The van der Waals surface area contributed by atoms with Crippen LogP contribution < -0.4 is 5.63 Å². The number of aliphatic hydroxyl groups excluding tert-OH is 3. The first-order chi connectivity index (χ1) is 10.1. The zero-order valence-corrected chi connectivity index (χ0v) is 11.6. The predicted molar refractivity (Wildman–Crippen MR) is 77.2 cm³/mol.